The first-order valence-electron chi connectivity index (χ1n) is 12.1. The van der Waals surface area contributed by atoms with Crippen molar-refractivity contribution in [1.29, 1.82) is 0 Å². The SMILES string of the molecule is CCCON1C(C)(C)N=C(SCCCCSC2=NC(C)(C)N(OCCC)C2(C)C)C1(C)C. The Balaban J connectivity index is 1.80. The summed E-state index contributed by atoms with van der Waals surface area (Å²) in [4.78, 5) is 22.1. The van der Waals surface area contributed by atoms with Gasteiger partial charge in [0.2, 0.25) is 0 Å². The van der Waals surface area contributed by atoms with Gasteiger partial charge >= 0.3 is 0 Å². The third-order valence-electron chi connectivity index (χ3n) is 5.67. The van der Waals surface area contributed by atoms with Gasteiger partial charge in [0, 0.05) is 0 Å². The molecule has 6 nitrogen and oxygen atoms in total. The van der Waals surface area contributed by atoms with Crippen molar-refractivity contribution in [3.05, 3.63) is 0 Å². The number of hydrogen-bond acceptors (Lipinski definition) is 8. The van der Waals surface area contributed by atoms with Crippen LogP contribution in [-0.2, 0) is 9.68 Å². The maximum Gasteiger partial charge on any atom is 0.132 e. The zero-order valence-corrected chi connectivity index (χ0v) is 23.7. The molecule has 0 unspecified atom stereocenters. The Morgan fingerprint density at radius 2 is 1.00 bits per heavy atom. The van der Waals surface area contributed by atoms with Crippen LogP contribution in [-0.4, -0.2) is 67.3 Å². The molecule has 0 bridgehead atoms. The van der Waals surface area contributed by atoms with Crippen LogP contribution in [0.4, 0.5) is 0 Å². The smallest absolute Gasteiger partial charge is 0.132 e. The van der Waals surface area contributed by atoms with E-state index in [1.165, 1.54) is 10.1 Å². The predicted octanol–water partition coefficient (Wildman–Crippen LogP) is 6.37. The zero-order chi connectivity index (χ0) is 24.2. The normalized spacial score (nSPS) is 24.1. The molecule has 32 heavy (non-hydrogen) atoms. The summed E-state index contributed by atoms with van der Waals surface area (Å²) in [6, 6.07) is 0. The standard InChI is InChI=1S/C24H46N4O2S2/c1-11-15-29-27-21(3,4)19(25-23(27,7)8)31-17-13-14-18-32-20-22(5,6)28(30-16-12-2)24(9,10)26-20/h11-18H2,1-10H3. The maximum absolute atomic E-state index is 6.06. The highest BCUT2D eigenvalue weighted by Crippen LogP contribution is 2.40. The number of rotatable bonds is 11. The van der Waals surface area contributed by atoms with Crippen LogP contribution in [0, 0.1) is 0 Å². The Morgan fingerprint density at radius 1 is 0.656 bits per heavy atom. The van der Waals surface area contributed by atoms with Gasteiger partial charge in [-0.2, -0.15) is 10.1 Å². The van der Waals surface area contributed by atoms with Crippen molar-refractivity contribution < 1.29 is 9.68 Å². The molecular formula is C24H46N4O2S2. The third kappa shape index (κ3) is 6.30. The maximum atomic E-state index is 6.06. The van der Waals surface area contributed by atoms with Gasteiger partial charge in [0.1, 0.15) is 11.3 Å². The lowest BCUT2D eigenvalue weighted by molar-refractivity contribution is -0.236. The highest BCUT2D eigenvalue weighted by atomic mass is 32.2. The van der Waals surface area contributed by atoms with Crippen molar-refractivity contribution in [3.63, 3.8) is 0 Å². The summed E-state index contributed by atoms with van der Waals surface area (Å²) in [5, 5.41) is 6.52. The molecule has 0 saturated heterocycles. The highest BCUT2D eigenvalue weighted by molar-refractivity contribution is 8.14. The van der Waals surface area contributed by atoms with Crippen molar-refractivity contribution in [1.82, 2.24) is 10.1 Å². The lowest BCUT2D eigenvalue weighted by Gasteiger charge is -2.38. The number of unbranched alkanes of at least 4 members (excludes halogenated alkanes) is 1. The van der Waals surface area contributed by atoms with Gasteiger partial charge in [-0.25, -0.2) is 0 Å². The third-order valence-corrected chi connectivity index (χ3v) is 8.39. The first-order chi connectivity index (χ1) is 14.8. The van der Waals surface area contributed by atoms with Gasteiger partial charge in [-0.1, -0.05) is 13.8 Å². The predicted molar refractivity (Wildman–Crippen MR) is 141 cm³/mol. The summed E-state index contributed by atoms with van der Waals surface area (Å²) in [6.45, 7) is 23.1. The Hall–Kier alpha value is -0.120. The molecule has 0 radical (unpaired) electrons. The van der Waals surface area contributed by atoms with E-state index < -0.39 is 0 Å². The van der Waals surface area contributed by atoms with Crippen LogP contribution in [0.3, 0.4) is 0 Å². The van der Waals surface area contributed by atoms with E-state index in [1.807, 2.05) is 23.5 Å². The Labute approximate surface area is 205 Å². The lowest BCUT2D eigenvalue weighted by atomic mass is 10.1. The fourth-order valence-electron chi connectivity index (χ4n) is 4.37. The summed E-state index contributed by atoms with van der Waals surface area (Å²) in [6.07, 6.45) is 4.33. The Bertz CT molecular complexity index is 631. The van der Waals surface area contributed by atoms with E-state index in [0.717, 1.165) is 50.4 Å². The fraction of sp³-hybridized carbons (Fsp3) is 0.917. The van der Waals surface area contributed by atoms with Crippen molar-refractivity contribution >= 4 is 33.6 Å². The van der Waals surface area contributed by atoms with Gasteiger partial charge in [0.25, 0.3) is 0 Å². The number of aliphatic imine (C=N–C) groups is 2. The fourth-order valence-corrected chi connectivity index (χ4v) is 6.90. The molecule has 0 aliphatic carbocycles. The number of thioether (sulfide) groups is 2. The van der Waals surface area contributed by atoms with E-state index >= 15 is 0 Å². The Kier molecular flexibility index (Phi) is 9.74. The molecule has 0 saturated carbocycles. The average molecular weight is 487 g/mol. The summed E-state index contributed by atoms with van der Waals surface area (Å²) in [5.74, 6) is 2.15. The molecule has 0 fully saturated rings. The summed E-state index contributed by atoms with van der Waals surface area (Å²) in [5.41, 5.74) is -1.01. The van der Waals surface area contributed by atoms with E-state index in [2.05, 4.69) is 79.4 Å². The second kappa shape index (κ2) is 11.1. The Morgan fingerprint density at radius 3 is 1.31 bits per heavy atom. The van der Waals surface area contributed by atoms with E-state index in [0.29, 0.717) is 0 Å². The molecule has 0 atom stereocenters. The first-order valence-corrected chi connectivity index (χ1v) is 14.1. The number of nitrogens with zero attached hydrogens (tertiary/aromatic N) is 4. The molecule has 2 aliphatic heterocycles. The van der Waals surface area contributed by atoms with Gasteiger partial charge in [-0.15, -0.1) is 23.5 Å². The van der Waals surface area contributed by atoms with E-state index in [9.17, 15) is 0 Å². The first kappa shape index (κ1) is 28.1. The van der Waals surface area contributed by atoms with Crippen molar-refractivity contribution in [2.75, 3.05) is 24.7 Å². The minimum Gasteiger partial charge on any atom is -0.296 e. The van der Waals surface area contributed by atoms with Gasteiger partial charge < -0.3 is 0 Å². The minimum atomic E-state index is -0.318. The van der Waals surface area contributed by atoms with E-state index in [1.54, 1.807) is 0 Å². The van der Waals surface area contributed by atoms with Crippen LogP contribution in [0.5, 0.6) is 0 Å². The molecule has 186 valence electrons. The van der Waals surface area contributed by atoms with Crippen LogP contribution < -0.4 is 0 Å². The van der Waals surface area contributed by atoms with Crippen LogP contribution >= 0.6 is 23.5 Å². The van der Waals surface area contributed by atoms with Crippen LogP contribution in [0.25, 0.3) is 0 Å². The topological polar surface area (TPSA) is 49.7 Å². The molecule has 0 aromatic rings. The van der Waals surface area contributed by atoms with Gasteiger partial charge in [-0.3, -0.25) is 19.7 Å². The molecule has 0 spiro atoms. The quantitative estimate of drug-likeness (QED) is 0.316. The highest BCUT2D eigenvalue weighted by Gasteiger charge is 2.49. The van der Waals surface area contributed by atoms with Crippen molar-refractivity contribution in [2.24, 2.45) is 9.98 Å². The molecule has 8 heteroatoms. The summed E-state index contributed by atoms with van der Waals surface area (Å²) >= 11 is 3.77. The van der Waals surface area contributed by atoms with Crippen molar-refractivity contribution in [2.45, 2.75) is 117 Å². The van der Waals surface area contributed by atoms with Crippen molar-refractivity contribution in [3.8, 4) is 0 Å². The lowest BCUT2D eigenvalue weighted by Crippen LogP contribution is -2.51. The molecule has 2 aliphatic rings. The molecule has 0 aromatic heterocycles. The van der Waals surface area contributed by atoms with Crippen LogP contribution in [0.1, 0.15) is 94.9 Å². The van der Waals surface area contributed by atoms with Crippen LogP contribution in [0.15, 0.2) is 9.98 Å². The van der Waals surface area contributed by atoms with Gasteiger partial charge in [0.15, 0.2) is 0 Å². The van der Waals surface area contributed by atoms with E-state index in [-0.39, 0.29) is 22.4 Å². The minimum absolute atomic E-state index is 0.186. The summed E-state index contributed by atoms with van der Waals surface area (Å²) in [7, 11) is 0. The number of hydroxylamine groups is 4. The monoisotopic (exact) mass is 486 g/mol. The molecule has 0 N–H and O–H groups in total. The molecule has 2 rings (SSSR count). The molecule has 0 amide bonds. The molecule has 2 heterocycles. The van der Waals surface area contributed by atoms with Gasteiger partial charge in [0.05, 0.1) is 34.4 Å². The largest absolute Gasteiger partial charge is 0.296 e. The zero-order valence-electron chi connectivity index (χ0n) is 22.1. The van der Waals surface area contributed by atoms with Crippen LogP contribution in [0.2, 0.25) is 0 Å². The van der Waals surface area contributed by atoms with Gasteiger partial charge in [-0.05, 0) is 92.6 Å². The molecule has 0 aromatic carbocycles. The number of hydrogen-bond donors (Lipinski definition) is 0. The average Bonchev–Trinajstić information content (AvgIpc) is 2.96. The summed E-state index contributed by atoms with van der Waals surface area (Å²) < 4.78 is 0. The van der Waals surface area contributed by atoms with E-state index in [4.69, 9.17) is 19.7 Å². The second-order valence-electron chi connectivity index (χ2n) is 10.6. The second-order valence-corrected chi connectivity index (χ2v) is 12.8. The molecular weight excluding hydrogens is 440 g/mol.